The number of carbonyl (C=O) groups excluding carboxylic acids is 1. The molecule has 0 radical (unpaired) electrons. The van der Waals surface area contributed by atoms with E-state index in [1.165, 1.54) is 6.07 Å². The molecule has 1 aromatic carbocycles. The second-order valence-corrected chi connectivity index (χ2v) is 5.24. The molecule has 2 heterocycles. The summed E-state index contributed by atoms with van der Waals surface area (Å²) in [6, 6.07) is 1.88. The highest BCUT2D eigenvalue weighted by Gasteiger charge is 2.40. The van der Waals surface area contributed by atoms with Gasteiger partial charge in [-0.3, -0.25) is 9.69 Å². The molecule has 7 nitrogen and oxygen atoms in total. The Labute approximate surface area is 136 Å². The maximum Gasteiger partial charge on any atom is 0.471 e. The molecule has 1 aromatic heterocycles. The minimum absolute atomic E-state index is 0.0368. The SMILES string of the molecule is O=C(O)[C@@H]1CCC(=O)N1c1ccc(-c2noc(C(F)(F)F)n2)cc1F. The highest BCUT2D eigenvalue weighted by molar-refractivity contribution is 6.02. The normalized spacial score (nSPS) is 18.0. The predicted octanol–water partition coefficient (Wildman–Crippen LogP) is 2.47. The third-order valence-corrected chi connectivity index (χ3v) is 3.63. The standard InChI is InChI=1S/C14H9F4N3O4/c15-7-5-6(11-19-13(25-20-11)14(16,17)18)1-2-8(7)21-9(12(23)24)3-4-10(21)22/h1-2,5,9H,3-4H2,(H,23,24)/t9-/m0/s1. The first kappa shape index (κ1) is 16.9. The van der Waals surface area contributed by atoms with Crippen LogP contribution >= 0.6 is 0 Å². The summed E-state index contributed by atoms with van der Waals surface area (Å²) >= 11 is 0. The van der Waals surface area contributed by atoms with Gasteiger partial charge in [-0.2, -0.15) is 18.2 Å². The molecule has 3 rings (SSSR count). The molecule has 1 saturated heterocycles. The van der Waals surface area contributed by atoms with Crippen LogP contribution in [0.5, 0.6) is 0 Å². The van der Waals surface area contributed by atoms with Crippen molar-refractivity contribution in [2.45, 2.75) is 25.1 Å². The number of carbonyl (C=O) groups is 2. The Morgan fingerprint density at radius 1 is 1.36 bits per heavy atom. The third-order valence-electron chi connectivity index (χ3n) is 3.63. The quantitative estimate of drug-likeness (QED) is 0.846. The van der Waals surface area contributed by atoms with E-state index in [-0.39, 0.29) is 24.1 Å². The van der Waals surface area contributed by atoms with Crippen molar-refractivity contribution in [3.8, 4) is 11.4 Å². The molecule has 11 heteroatoms. The maximum atomic E-state index is 14.3. The van der Waals surface area contributed by atoms with Gasteiger partial charge >= 0.3 is 18.0 Å². The Morgan fingerprint density at radius 3 is 2.64 bits per heavy atom. The summed E-state index contributed by atoms with van der Waals surface area (Å²) in [5.41, 5.74) is -0.391. The maximum absolute atomic E-state index is 14.3. The van der Waals surface area contributed by atoms with Crippen molar-refractivity contribution in [2.24, 2.45) is 0 Å². The summed E-state index contributed by atoms with van der Waals surface area (Å²) in [6.07, 6.45) is -4.84. The van der Waals surface area contributed by atoms with Gasteiger partial charge in [0.1, 0.15) is 11.9 Å². The number of carboxylic acids is 1. The Bertz CT molecular complexity index is 849. The molecule has 2 aromatic rings. The second-order valence-electron chi connectivity index (χ2n) is 5.24. The van der Waals surface area contributed by atoms with Gasteiger partial charge in [0.15, 0.2) is 0 Å². The zero-order valence-electron chi connectivity index (χ0n) is 12.2. The van der Waals surface area contributed by atoms with Crippen molar-refractivity contribution in [2.75, 3.05) is 4.90 Å². The fraction of sp³-hybridized carbons (Fsp3) is 0.286. The van der Waals surface area contributed by atoms with E-state index < -0.39 is 41.6 Å². The number of rotatable bonds is 3. The zero-order valence-corrected chi connectivity index (χ0v) is 12.2. The molecule has 0 saturated carbocycles. The number of halogens is 4. The fourth-order valence-corrected chi connectivity index (χ4v) is 2.52. The van der Waals surface area contributed by atoms with Crippen LogP contribution in [-0.2, 0) is 15.8 Å². The van der Waals surface area contributed by atoms with Gasteiger partial charge in [-0.05, 0) is 24.6 Å². The van der Waals surface area contributed by atoms with Gasteiger partial charge in [0.2, 0.25) is 11.7 Å². The van der Waals surface area contributed by atoms with Crippen LogP contribution in [0.15, 0.2) is 22.7 Å². The molecule has 0 unspecified atom stereocenters. The van der Waals surface area contributed by atoms with Crippen molar-refractivity contribution < 1.29 is 36.8 Å². The van der Waals surface area contributed by atoms with Crippen LogP contribution in [0.3, 0.4) is 0 Å². The van der Waals surface area contributed by atoms with Crippen LogP contribution in [0.1, 0.15) is 18.7 Å². The van der Waals surface area contributed by atoms with Gasteiger partial charge in [0, 0.05) is 12.0 Å². The average molecular weight is 359 g/mol. The van der Waals surface area contributed by atoms with Crippen molar-refractivity contribution in [1.29, 1.82) is 0 Å². The predicted molar refractivity (Wildman–Crippen MR) is 72.8 cm³/mol. The number of aliphatic carboxylic acids is 1. The first-order valence-electron chi connectivity index (χ1n) is 6.94. The van der Waals surface area contributed by atoms with E-state index in [1.54, 1.807) is 0 Å². The summed E-state index contributed by atoms with van der Waals surface area (Å²) in [5, 5.41) is 12.2. The van der Waals surface area contributed by atoms with Gasteiger partial charge < -0.3 is 9.63 Å². The van der Waals surface area contributed by atoms with E-state index in [0.29, 0.717) is 0 Å². The molecule has 25 heavy (non-hydrogen) atoms. The summed E-state index contributed by atoms with van der Waals surface area (Å²) in [7, 11) is 0. The lowest BCUT2D eigenvalue weighted by Gasteiger charge is -2.22. The Morgan fingerprint density at radius 2 is 2.08 bits per heavy atom. The molecule has 1 fully saturated rings. The molecule has 0 bridgehead atoms. The summed E-state index contributed by atoms with van der Waals surface area (Å²) < 4.78 is 55.8. The monoisotopic (exact) mass is 359 g/mol. The number of amides is 1. The zero-order chi connectivity index (χ0) is 18.4. The van der Waals surface area contributed by atoms with E-state index in [4.69, 9.17) is 5.11 Å². The Balaban J connectivity index is 1.95. The molecule has 0 spiro atoms. The van der Waals surface area contributed by atoms with Crippen molar-refractivity contribution in [1.82, 2.24) is 10.1 Å². The Hall–Kier alpha value is -2.98. The molecule has 1 atom stereocenters. The number of alkyl halides is 3. The van der Waals surface area contributed by atoms with Gasteiger partial charge in [0.25, 0.3) is 0 Å². The lowest BCUT2D eigenvalue weighted by atomic mass is 10.1. The molecule has 1 amide bonds. The van der Waals surface area contributed by atoms with E-state index in [9.17, 15) is 27.2 Å². The van der Waals surface area contributed by atoms with E-state index in [1.807, 2.05) is 0 Å². The highest BCUT2D eigenvalue weighted by Crippen LogP contribution is 2.33. The van der Waals surface area contributed by atoms with E-state index >= 15 is 0 Å². The minimum Gasteiger partial charge on any atom is -0.480 e. The van der Waals surface area contributed by atoms with Gasteiger partial charge in [-0.15, -0.1) is 0 Å². The Kier molecular flexibility index (Phi) is 3.93. The molecule has 0 aliphatic carbocycles. The van der Waals surface area contributed by atoms with Crippen molar-refractivity contribution in [3.05, 3.63) is 29.9 Å². The molecular formula is C14H9F4N3O4. The number of hydrogen-bond acceptors (Lipinski definition) is 5. The topological polar surface area (TPSA) is 96.5 Å². The third kappa shape index (κ3) is 3.04. The van der Waals surface area contributed by atoms with Crippen LogP contribution in [0.25, 0.3) is 11.4 Å². The highest BCUT2D eigenvalue weighted by atomic mass is 19.4. The lowest BCUT2D eigenvalue weighted by molar-refractivity contribution is -0.159. The summed E-state index contributed by atoms with van der Waals surface area (Å²) in [6.45, 7) is 0. The number of carboxylic acid groups (broad SMARTS) is 1. The molecule has 1 aliphatic rings. The van der Waals surface area contributed by atoms with Crippen LogP contribution < -0.4 is 4.90 Å². The lowest BCUT2D eigenvalue weighted by Crippen LogP contribution is -2.39. The van der Waals surface area contributed by atoms with Crippen LogP contribution in [-0.4, -0.2) is 33.2 Å². The fourth-order valence-electron chi connectivity index (χ4n) is 2.52. The van der Waals surface area contributed by atoms with E-state index in [0.717, 1.165) is 17.0 Å². The summed E-state index contributed by atoms with van der Waals surface area (Å²) in [4.78, 5) is 27.0. The smallest absolute Gasteiger partial charge is 0.471 e. The van der Waals surface area contributed by atoms with Crippen LogP contribution in [0.2, 0.25) is 0 Å². The molecule has 1 aliphatic heterocycles. The number of hydrogen-bond donors (Lipinski definition) is 1. The van der Waals surface area contributed by atoms with Crippen molar-refractivity contribution >= 4 is 17.6 Å². The van der Waals surface area contributed by atoms with E-state index in [2.05, 4.69) is 14.7 Å². The summed E-state index contributed by atoms with van der Waals surface area (Å²) in [5.74, 6) is -4.88. The first-order chi connectivity index (χ1) is 11.7. The molecule has 1 N–H and O–H groups in total. The van der Waals surface area contributed by atoms with Gasteiger partial charge in [-0.25, -0.2) is 9.18 Å². The van der Waals surface area contributed by atoms with Crippen LogP contribution in [0, 0.1) is 5.82 Å². The van der Waals surface area contributed by atoms with Gasteiger partial charge in [0.05, 0.1) is 5.69 Å². The average Bonchev–Trinajstić information content (AvgIpc) is 3.14. The van der Waals surface area contributed by atoms with Gasteiger partial charge in [-0.1, -0.05) is 5.16 Å². The molecular weight excluding hydrogens is 350 g/mol. The minimum atomic E-state index is -4.83. The second kappa shape index (κ2) is 5.83. The number of nitrogens with zero attached hydrogens (tertiary/aromatic N) is 3. The number of anilines is 1. The largest absolute Gasteiger partial charge is 0.480 e. The number of aromatic nitrogens is 2. The van der Waals surface area contributed by atoms with Crippen LogP contribution in [0.4, 0.5) is 23.2 Å². The first-order valence-corrected chi connectivity index (χ1v) is 6.94. The van der Waals surface area contributed by atoms with Crippen molar-refractivity contribution in [3.63, 3.8) is 0 Å². The molecule has 132 valence electrons. The number of benzene rings is 1.